The van der Waals surface area contributed by atoms with Gasteiger partial charge in [0.15, 0.2) is 0 Å². The smallest absolute Gasteiger partial charge is 1.00 e. The van der Waals surface area contributed by atoms with Crippen molar-refractivity contribution in [3.05, 3.63) is 89.0 Å². The van der Waals surface area contributed by atoms with Crippen molar-refractivity contribution in [2.45, 2.75) is 41.5 Å². The van der Waals surface area contributed by atoms with Gasteiger partial charge in [-0.1, -0.05) is 72.0 Å². The van der Waals surface area contributed by atoms with Crippen LogP contribution in [0.2, 0.25) is 0 Å². The van der Waals surface area contributed by atoms with Gasteiger partial charge in [0.2, 0.25) is 0 Å². The standard InChI is InChI=1S/C16H14P.C10H15.2FH.Ti/c1-12-6-2-5-9-16(12)17-15-10-13-7-3-4-8-14(13)11-15;1-7-6-10(4,5)9(3)8(7)2;;;/h2-11,17H,1H3;1-5H3;2*1H;/q2*-1;;;+4/p-2. The number of fused-ring (bicyclic) bond motifs is 1. The van der Waals surface area contributed by atoms with Crippen LogP contribution in [0.3, 0.4) is 0 Å². The molecule has 1 aliphatic rings. The topological polar surface area (TPSA) is 0 Å². The van der Waals surface area contributed by atoms with Gasteiger partial charge in [-0.2, -0.15) is 17.2 Å². The fourth-order valence-corrected chi connectivity index (χ4v) is 4.72. The van der Waals surface area contributed by atoms with Gasteiger partial charge in [0.05, 0.1) is 0 Å². The number of hydrogen-bond donors (Lipinski definition) is 0. The molecule has 0 N–H and O–H groups in total. The Balaban J connectivity index is 0.000000569. The van der Waals surface area contributed by atoms with Gasteiger partial charge >= 0.3 is 21.7 Å². The maximum absolute atomic E-state index is 3.44. The molecule has 0 fully saturated rings. The van der Waals surface area contributed by atoms with Gasteiger partial charge in [-0.15, -0.1) is 47.3 Å². The van der Waals surface area contributed by atoms with E-state index in [1.807, 2.05) is 0 Å². The second kappa shape index (κ2) is 11.8. The van der Waals surface area contributed by atoms with Gasteiger partial charge in [-0.3, -0.25) is 6.08 Å². The van der Waals surface area contributed by atoms with Gasteiger partial charge in [-0.25, -0.2) is 5.57 Å². The summed E-state index contributed by atoms with van der Waals surface area (Å²) < 4.78 is 0. The summed E-state index contributed by atoms with van der Waals surface area (Å²) in [5, 5.41) is 5.58. The van der Waals surface area contributed by atoms with Crippen LogP contribution in [-0.4, -0.2) is 0 Å². The minimum absolute atomic E-state index is 0. The largest absolute Gasteiger partial charge is 4.00 e. The van der Waals surface area contributed by atoms with Crippen LogP contribution in [0.5, 0.6) is 0 Å². The molecule has 0 radical (unpaired) electrons. The van der Waals surface area contributed by atoms with E-state index in [2.05, 4.69) is 108 Å². The van der Waals surface area contributed by atoms with Gasteiger partial charge in [0.1, 0.15) is 0 Å². The van der Waals surface area contributed by atoms with Crippen LogP contribution in [0.25, 0.3) is 10.8 Å². The van der Waals surface area contributed by atoms with Crippen molar-refractivity contribution >= 4 is 30.0 Å². The molecular formula is C26H29F2PTi. The van der Waals surface area contributed by atoms with E-state index >= 15 is 0 Å². The van der Waals surface area contributed by atoms with Crippen molar-refractivity contribution in [2.75, 3.05) is 0 Å². The Kier molecular flexibility index (Phi) is 11.2. The molecule has 1 aliphatic carbocycles. The van der Waals surface area contributed by atoms with Crippen molar-refractivity contribution in [3.63, 3.8) is 0 Å². The second-order valence-electron chi connectivity index (χ2n) is 7.94. The molecule has 0 bridgehead atoms. The first-order valence-electron chi connectivity index (χ1n) is 9.56. The van der Waals surface area contributed by atoms with E-state index in [0.717, 1.165) is 8.58 Å². The van der Waals surface area contributed by atoms with Crippen molar-refractivity contribution in [3.8, 4) is 0 Å². The van der Waals surface area contributed by atoms with Crippen LogP contribution < -0.4 is 20.0 Å². The first kappa shape index (κ1) is 28.5. The Hall–Kier alpha value is -1.47. The fraction of sp³-hybridized carbons (Fsp3) is 0.269. The number of rotatable bonds is 2. The summed E-state index contributed by atoms with van der Waals surface area (Å²) in [6.45, 7) is 13.1. The van der Waals surface area contributed by atoms with Crippen LogP contribution in [0.15, 0.2) is 77.4 Å². The Labute approximate surface area is 196 Å². The number of halogens is 2. The minimum atomic E-state index is 0. The zero-order chi connectivity index (χ0) is 19.6. The molecule has 4 heteroatoms. The molecule has 0 saturated heterocycles. The maximum Gasteiger partial charge on any atom is 4.00 e. The number of benzene rings is 2. The van der Waals surface area contributed by atoms with E-state index in [1.165, 1.54) is 43.7 Å². The average Bonchev–Trinajstić information content (AvgIpc) is 3.11. The van der Waals surface area contributed by atoms with Crippen LogP contribution in [-0.2, 0) is 21.7 Å². The molecule has 4 rings (SSSR count). The first-order valence-corrected chi connectivity index (χ1v) is 10.6. The second-order valence-corrected chi connectivity index (χ2v) is 9.30. The average molecular weight is 458 g/mol. The summed E-state index contributed by atoms with van der Waals surface area (Å²) in [6, 6.07) is 21.8. The Morgan fingerprint density at radius 2 is 1.47 bits per heavy atom. The molecule has 0 saturated carbocycles. The zero-order valence-electron chi connectivity index (χ0n) is 18.5. The molecular weight excluding hydrogens is 429 g/mol. The van der Waals surface area contributed by atoms with Crippen LogP contribution in [0, 0.1) is 18.4 Å². The van der Waals surface area contributed by atoms with Crippen molar-refractivity contribution in [1.29, 1.82) is 0 Å². The molecule has 0 aliphatic heterocycles. The van der Waals surface area contributed by atoms with Crippen molar-refractivity contribution in [2.24, 2.45) is 5.41 Å². The van der Waals surface area contributed by atoms with Gasteiger partial charge in [0.25, 0.3) is 0 Å². The van der Waals surface area contributed by atoms with E-state index in [-0.39, 0.29) is 36.5 Å². The molecule has 30 heavy (non-hydrogen) atoms. The summed E-state index contributed by atoms with van der Waals surface area (Å²) >= 11 is 0. The van der Waals surface area contributed by atoms with E-state index < -0.39 is 0 Å². The van der Waals surface area contributed by atoms with Gasteiger partial charge in [0, 0.05) is 0 Å². The summed E-state index contributed by atoms with van der Waals surface area (Å²) in [4.78, 5) is 0. The molecule has 0 nitrogen and oxygen atoms in total. The summed E-state index contributed by atoms with van der Waals surface area (Å²) in [5.74, 6) is 0. The fourth-order valence-electron chi connectivity index (χ4n) is 3.50. The van der Waals surface area contributed by atoms with Crippen LogP contribution in [0.1, 0.15) is 40.2 Å². The predicted molar refractivity (Wildman–Crippen MR) is 123 cm³/mol. The van der Waals surface area contributed by atoms with Crippen molar-refractivity contribution in [1.82, 2.24) is 0 Å². The number of aryl methyl sites for hydroxylation is 1. The zero-order valence-corrected chi connectivity index (χ0v) is 21.1. The maximum atomic E-state index is 3.44. The Morgan fingerprint density at radius 3 is 1.97 bits per heavy atom. The molecule has 0 amide bonds. The Bertz CT molecular complexity index is 995. The molecule has 3 aromatic carbocycles. The van der Waals surface area contributed by atoms with E-state index in [1.54, 1.807) is 0 Å². The van der Waals surface area contributed by atoms with E-state index in [0.29, 0.717) is 0 Å². The number of allylic oxidation sites excluding steroid dienone is 4. The third-order valence-corrected chi connectivity index (χ3v) is 7.01. The predicted octanol–water partition coefficient (Wildman–Crippen LogP) is 0.614. The van der Waals surface area contributed by atoms with Crippen LogP contribution in [0.4, 0.5) is 0 Å². The quantitative estimate of drug-likeness (QED) is 0.300. The first-order chi connectivity index (χ1) is 12.8. The van der Waals surface area contributed by atoms with Crippen LogP contribution >= 0.6 is 8.58 Å². The molecule has 3 aromatic rings. The third-order valence-electron chi connectivity index (χ3n) is 5.60. The molecule has 0 heterocycles. The third kappa shape index (κ3) is 6.51. The van der Waals surface area contributed by atoms with Crippen molar-refractivity contribution < 1.29 is 31.1 Å². The molecule has 0 aromatic heterocycles. The molecule has 1 unspecified atom stereocenters. The normalized spacial score (nSPS) is 14.4. The summed E-state index contributed by atoms with van der Waals surface area (Å²) in [7, 11) is 0.759. The molecule has 0 spiro atoms. The SMILES string of the molecule is CC1=[C-]C(C)(C)C(C)=C1C.Cc1ccccc1Pc1cc2ccccc2[cH-]1.[F-].[F-].[Ti+4]. The Morgan fingerprint density at radius 1 is 0.867 bits per heavy atom. The van der Waals surface area contributed by atoms with Gasteiger partial charge < -0.3 is 9.41 Å². The monoisotopic (exact) mass is 458 g/mol. The number of hydrogen-bond acceptors (Lipinski definition) is 0. The minimum Gasteiger partial charge on any atom is -1.00 e. The van der Waals surface area contributed by atoms with E-state index in [9.17, 15) is 0 Å². The summed E-state index contributed by atoms with van der Waals surface area (Å²) in [6.07, 6.45) is 3.44. The molecule has 1 atom stereocenters. The van der Waals surface area contributed by atoms with E-state index in [4.69, 9.17) is 0 Å². The van der Waals surface area contributed by atoms with Gasteiger partial charge in [-0.05, 0) is 17.8 Å². The summed E-state index contributed by atoms with van der Waals surface area (Å²) in [5.41, 5.74) is 5.78. The molecule has 156 valence electrons.